The maximum absolute atomic E-state index is 12.7. The van der Waals surface area contributed by atoms with Crippen LogP contribution >= 0.6 is 0 Å². The Morgan fingerprint density at radius 1 is 1.00 bits per heavy atom. The van der Waals surface area contributed by atoms with Gasteiger partial charge in [0.1, 0.15) is 0 Å². The molecule has 24 heavy (non-hydrogen) atoms. The van der Waals surface area contributed by atoms with Gasteiger partial charge in [-0.25, -0.2) is 0 Å². The largest absolute Gasteiger partial charge is 0.372 e. The van der Waals surface area contributed by atoms with Gasteiger partial charge in [0.25, 0.3) is 5.91 Å². The van der Waals surface area contributed by atoms with E-state index in [1.165, 1.54) is 18.5 Å². The number of aromatic amines is 1. The minimum atomic E-state index is -0.0778. The zero-order chi connectivity index (χ0) is 16.5. The molecule has 0 bridgehead atoms. The van der Waals surface area contributed by atoms with Crippen molar-refractivity contribution in [2.24, 2.45) is 0 Å². The normalized spacial score (nSPS) is 17.0. The van der Waals surface area contributed by atoms with Crippen LogP contribution in [0.1, 0.15) is 34.3 Å². The topological polar surface area (TPSA) is 56.4 Å². The summed E-state index contributed by atoms with van der Waals surface area (Å²) in [4.78, 5) is 31.0. The maximum atomic E-state index is 12.7. The predicted molar refractivity (Wildman–Crippen MR) is 93.4 cm³/mol. The Bertz CT molecular complexity index is 804. The molecule has 0 radical (unpaired) electrons. The molecule has 0 unspecified atom stereocenters. The van der Waals surface area contributed by atoms with Crippen molar-refractivity contribution in [2.45, 2.75) is 25.8 Å². The molecule has 2 aromatic rings. The van der Waals surface area contributed by atoms with Crippen LogP contribution in [0, 0.1) is 0 Å². The summed E-state index contributed by atoms with van der Waals surface area (Å²) in [5.41, 5.74) is 3.93. The number of benzene rings is 1. The molecule has 124 valence electrons. The lowest BCUT2D eigenvalue weighted by Crippen LogP contribution is -2.36. The van der Waals surface area contributed by atoms with Crippen LogP contribution in [0.25, 0.3) is 0 Å². The van der Waals surface area contributed by atoms with Crippen LogP contribution in [0.5, 0.6) is 0 Å². The molecule has 1 aromatic carbocycles. The summed E-state index contributed by atoms with van der Waals surface area (Å²) in [5, 5.41) is 0. The standard InChI is InChI=1S/C19H21N3O2/c23-18-11-15-7-10-22(13-16(15)12-20-18)19(24)14-3-5-17(6-4-14)21-8-1-2-9-21/h3-6,11-12H,1-2,7-10,13H2,(H,20,23). The first-order valence-electron chi connectivity index (χ1n) is 8.55. The van der Waals surface area contributed by atoms with Crippen molar-refractivity contribution in [2.75, 3.05) is 24.5 Å². The fourth-order valence-electron chi connectivity index (χ4n) is 3.61. The van der Waals surface area contributed by atoms with Crippen LogP contribution in [-0.4, -0.2) is 35.4 Å². The third-order valence-corrected chi connectivity index (χ3v) is 4.99. The number of nitrogens with one attached hydrogen (secondary N) is 1. The molecule has 1 aromatic heterocycles. The third-order valence-electron chi connectivity index (χ3n) is 4.99. The van der Waals surface area contributed by atoms with Gasteiger partial charge in [-0.1, -0.05) is 0 Å². The summed E-state index contributed by atoms with van der Waals surface area (Å²) >= 11 is 0. The molecular formula is C19H21N3O2. The molecule has 3 heterocycles. The number of carbonyl (C=O) groups excluding carboxylic acids is 1. The number of aromatic nitrogens is 1. The van der Waals surface area contributed by atoms with E-state index in [1.807, 2.05) is 29.2 Å². The number of hydrogen-bond donors (Lipinski definition) is 1. The Balaban J connectivity index is 1.49. The Morgan fingerprint density at radius 3 is 2.50 bits per heavy atom. The van der Waals surface area contributed by atoms with E-state index in [1.54, 1.807) is 12.3 Å². The number of nitrogens with zero attached hydrogens (tertiary/aromatic N) is 2. The van der Waals surface area contributed by atoms with E-state index in [2.05, 4.69) is 9.88 Å². The molecule has 0 aliphatic carbocycles. The van der Waals surface area contributed by atoms with E-state index in [4.69, 9.17) is 0 Å². The highest BCUT2D eigenvalue weighted by molar-refractivity contribution is 5.94. The van der Waals surface area contributed by atoms with Crippen molar-refractivity contribution in [3.8, 4) is 0 Å². The Hall–Kier alpha value is -2.56. The number of anilines is 1. The molecule has 2 aliphatic rings. The molecule has 0 spiro atoms. The first-order chi connectivity index (χ1) is 11.7. The van der Waals surface area contributed by atoms with Crippen LogP contribution in [-0.2, 0) is 13.0 Å². The fraction of sp³-hybridized carbons (Fsp3) is 0.368. The average Bonchev–Trinajstić information content (AvgIpc) is 3.15. The first-order valence-corrected chi connectivity index (χ1v) is 8.55. The lowest BCUT2D eigenvalue weighted by Gasteiger charge is -2.28. The van der Waals surface area contributed by atoms with Gasteiger partial charge in [0.2, 0.25) is 5.56 Å². The van der Waals surface area contributed by atoms with Gasteiger partial charge in [-0.3, -0.25) is 9.59 Å². The number of amides is 1. The maximum Gasteiger partial charge on any atom is 0.254 e. The van der Waals surface area contributed by atoms with Gasteiger partial charge in [0.15, 0.2) is 0 Å². The highest BCUT2D eigenvalue weighted by Gasteiger charge is 2.22. The molecule has 1 amide bonds. The van der Waals surface area contributed by atoms with Crippen molar-refractivity contribution in [1.82, 2.24) is 9.88 Å². The van der Waals surface area contributed by atoms with E-state index in [0.29, 0.717) is 13.1 Å². The van der Waals surface area contributed by atoms with Crippen LogP contribution in [0.4, 0.5) is 5.69 Å². The quantitative estimate of drug-likeness (QED) is 0.921. The van der Waals surface area contributed by atoms with Crippen LogP contribution in [0.2, 0.25) is 0 Å². The fourth-order valence-corrected chi connectivity index (χ4v) is 3.61. The summed E-state index contributed by atoms with van der Waals surface area (Å²) < 4.78 is 0. The van der Waals surface area contributed by atoms with Gasteiger partial charge in [-0.15, -0.1) is 0 Å². The van der Waals surface area contributed by atoms with E-state index >= 15 is 0 Å². The summed E-state index contributed by atoms with van der Waals surface area (Å²) in [6.45, 7) is 3.42. The zero-order valence-electron chi connectivity index (χ0n) is 13.6. The number of hydrogen-bond acceptors (Lipinski definition) is 3. The minimum Gasteiger partial charge on any atom is -0.372 e. The third kappa shape index (κ3) is 2.82. The van der Waals surface area contributed by atoms with Gasteiger partial charge >= 0.3 is 0 Å². The van der Waals surface area contributed by atoms with Crippen LogP contribution in [0.3, 0.4) is 0 Å². The van der Waals surface area contributed by atoms with Crippen LogP contribution < -0.4 is 10.5 Å². The Kier molecular flexibility index (Phi) is 3.84. The van der Waals surface area contributed by atoms with Crippen molar-refractivity contribution >= 4 is 11.6 Å². The van der Waals surface area contributed by atoms with Crippen LogP contribution in [0.15, 0.2) is 41.3 Å². The Morgan fingerprint density at radius 2 is 1.75 bits per heavy atom. The highest BCUT2D eigenvalue weighted by Crippen LogP contribution is 2.22. The summed E-state index contributed by atoms with van der Waals surface area (Å²) in [6.07, 6.45) is 4.95. The van der Waals surface area contributed by atoms with Crippen molar-refractivity contribution < 1.29 is 4.79 Å². The van der Waals surface area contributed by atoms with Gasteiger partial charge in [-0.05, 0) is 54.7 Å². The lowest BCUT2D eigenvalue weighted by atomic mass is 10.0. The highest BCUT2D eigenvalue weighted by atomic mass is 16.2. The number of H-pyrrole nitrogens is 1. The van der Waals surface area contributed by atoms with Gasteiger partial charge in [0, 0.05) is 49.7 Å². The molecule has 1 N–H and O–H groups in total. The SMILES string of the molecule is O=C(c1ccc(N2CCCC2)cc1)N1CCc2cc(=O)[nH]cc2C1. The smallest absolute Gasteiger partial charge is 0.254 e. The lowest BCUT2D eigenvalue weighted by molar-refractivity contribution is 0.0734. The van der Waals surface area contributed by atoms with E-state index in [9.17, 15) is 9.59 Å². The molecule has 1 fully saturated rings. The van der Waals surface area contributed by atoms with E-state index in [-0.39, 0.29) is 11.5 Å². The first kappa shape index (κ1) is 15.0. The van der Waals surface area contributed by atoms with E-state index in [0.717, 1.165) is 36.2 Å². The van der Waals surface area contributed by atoms with Crippen molar-refractivity contribution in [3.63, 3.8) is 0 Å². The predicted octanol–water partition coefficient (Wildman–Crippen LogP) is 2.17. The Labute approximate surface area is 140 Å². The number of fused-ring (bicyclic) bond motifs is 1. The average molecular weight is 323 g/mol. The molecule has 5 heteroatoms. The molecule has 2 aliphatic heterocycles. The number of pyridine rings is 1. The summed E-state index contributed by atoms with van der Waals surface area (Å²) in [7, 11) is 0. The molecule has 0 saturated carbocycles. The summed E-state index contributed by atoms with van der Waals surface area (Å²) in [6, 6.07) is 9.60. The second-order valence-corrected chi connectivity index (χ2v) is 6.57. The monoisotopic (exact) mass is 323 g/mol. The molecule has 5 nitrogen and oxygen atoms in total. The molecular weight excluding hydrogens is 302 g/mol. The van der Waals surface area contributed by atoms with E-state index < -0.39 is 0 Å². The molecule has 4 rings (SSSR count). The summed E-state index contributed by atoms with van der Waals surface area (Å²) in [5.74, 6) is 0.0554. The minimum absolute atomic E-state index is 0.0554. The second-order valence-electron chi connectivity index (χ2n) is 6.57. The molecule has 0 atom stereocenters. The van der Waals surface area contributed by atoms with Crippen molar-refractivity contribution in [1.29, 1.82) is 0 Å². The number of carbonyl (C=O) groups is 1. The molecule has 1 saturated heterocycles. The number of rotatable bonds is 2. The van der Waals surface area contributed by atoms with Gasteiger partial charge < -0.3 is 14.8 Å². The second kappa shape index (κ2) is 6.15. The van der Waals surface area contributed by atoms with Gasteiger partial charge in [-0.2, -0.15) is 0 Å². The zero-order valence-corrected chi connectivity index (χ0v) is 13.6. The van der Waals surface area contributed by atoms with Gasteiger partial charge in [0.05, 0.1) is 0 Å². The van der Waals surface area contributed by atoms with Crippen molar-refractivity contribution in [3.05, 3.63) is 63.6 Å².